The Morgan fingerprint density at radius 1 is 1.62 bits per heavy atom. The minimum absolute atomic E-state index is 1.01. The van der Waals surface area contributed by atoms with Crippen LogP contribution in [0, 0.1) is 0 Å². The maximum atomic E-state index is 3.99. The zero-order valence-corrected chi connectivity index (χ0v) is 4.85. The van der Waals surface area contributed by atoms with E-state index in [1.807, 2.05) is 11.4 Å². The Morgan fingerprint density at radius 2 is 2.62 bits per heavy atom. The van der Waals surface area contributed by atoms with Crippen LogP contribution in [0.3, 0.4) is 0 Å². The Balaban J connectivity index is 3.24. The molecular weight excluding hydrogens is 120 g/mol. The summed E-state index contributed by atoms with van der Waals surface area (Å²) in [7, 11) is 0. The van der Waals surface area contributed by atoms with Crippen molar-refractivity contribution >= 4 is 17.7 Å². The molecule has 0 bridgehead atoms. The van der Waals surface area contributed by atoms with Crippen molar-refractivity contribution in [1.82, 2.24) is 4.67 Å². The van der Waals surface area contributed by atoms with Crippen molar-refractivity contribution < 1.29 is 0 Å². The summed E-state index contributed by atoms with van der Waals surface area (Å²) in [6.45, 7) is 0. The third-order valence-electron chi connectivity index (χ3n) is 0.997. The summed E-state index contributed by atoms with van der Waals surface area (Å²) < 4.78 is 5.01. The Hall–Kier alpha value is -0.920. The molecule has 1 aromatic heterocycles. The van der Waals surface area contributed by atoms with Gasteiger partial charge in [-0.2, -0.15) is 0 Å². The van der Waals surface area contributed by atoms with E-state index < -0.39 is 0 Å². The van der Waals surface area contributed by atoms with Gasteiger partial charge in [0.2, 0.25) is 0 Å². The van der Waals surface area contributed by atoms with Crippen LogP contribution >= 0.6 is 11.3 Å². The van der Waals surface area contributed by atoms with E-state index in [0.717, 1.165) is 10.0 Å². The molecule has 0 aliphatic carbocycles. The fourth-order valence-electron chi connectivity index (χ4n) is 0.633. The van der Waals surface area contributed by atoms with Gasteiger partial charge in [0.15, 0.2) is 0 Å². The van der Waals surface area contributed by atoms with E-state index in [9.17, 15) is 0 Å². The van der Waals surface area contributed by atoms with Crippen LogP contribution in [0.15, 0.2) is 16.4 Å². The summed E-state index contributed by atoms with van der Waals surface area (Å²) in [6, 6.07) is 1.97. The molecule has 1 aromatic rings. The molecule has 2 nitrogen and oxygen atoms in total. The van der Waals surface area contributed by atoms with E-state index >= 15 is 0 Å². The molecule has 0 spiro atoms. The van der Waals surface area contributed by atoms with E-state index in [4.69, 9.17) is 0 Å². The highest BCUT2D eigenvalue weighted by molar-refractivity contribution is 7.07. The lowest BCUT2D eigenvalue weighted by molar-refractivity contribution is 1.42. The molecule has 1 aliphatic heterocycles. The maximum absolute atomic E-state index is 3.99. The summed E-state index contributed by atoms with van der Waals surface area (Å²) in [5.74, 6) is 0. The zero-order chi connectivity index (χ0) is 5.40. The van der Waals surface area contributed by atoms with Crippen molar-refractivity contribution in [2.75, 3.05) is 0 Å². The van der Waals surface area contributed by atoms with Crippen molar-refractivity contribution in [3.8, 4) is 0 Å². The number of fused-ring (bicyclic) bond motifs is 1. The normalized spacial score (nSPS) is 12.5. The minimum Gasteiger partial charge on any atom is -0.202 e. The summed E-state index contributed by atoms with van der Waals surface area (Å²) in [6.07, 6.45) is 1.58. The summed E-state index contributed by atoms with van der Waals surface area (Å²) >= 11 is 1.62. The SMILES string of the molecule is C1=[N+]=c2ccsc2=N1. The number of rotatable bonds is 0. The van der Waals surface area contributed by atoms with Crippen molar-refractivity contribution in [2.45, 2.75) is 0 Å². The van der Waals surface area contributed by atoms with Gasteiger partial charge in [0, 0.05) is 11.4 Å². The minimum atomic E-state index is 1.01. The first-order chi connectivity index (χ1) is 3.97. The third-order valence-corrected chi connectivity index (χ3v) is 1.81. The first-order valence-corrected chi connectivity index (χ1v) is 3.16. The number of nitrogens with zero attached hydrogens (tertiary/aromatic N) is 2. The maximum Gasteiger partial charge on any atom is 0.380 e. The molecular formula is C5H3N2S+. The van der Waals surface area contributed by atoms with Gasteiger partial charge in [0.1, 0.15) is 0 Å². The second-order valence-electron chi connectivity index (χ2n) is 1.48. The second-order valence-corrected chi connectivity index (χ2v) is 2.38. The third kappa shape index (κ3) is 0.372. The quantitative estimate of drug-likeness (QED) is 0.400. The van der Waals surface area contributed by atoms with Gasteiger partial charge >= 0.3 is 6.34 Å². The van der Waals surface area contributed by atoms with Crippen LogP contribution < -0.4 is 14.7 Å². The van der Waals surface area contributed by atoms with E-state index in [2.05, 4.69) is 9.66 Å². The van der Waals surface area contributed by atoms with E-state index in [1.165, 1.54) is 0 Å². The Labute approximate surface area is 49.6 Å². The second kappa shape index (κ2) is 1.28. The highest BCUT2D eigenvalue weighted by atomic mass is 32.1. The lowest BCUT2D eigenvalue weighted by Gasteiger charge is -1.43. The highest BCUT2D eigenvalue weighted by Crippen LogP contribution is 1.78. The highest BCUT2D eigenvalue weighted by Gasteiger charge is 2.01. The largest absolute Gasteiger partial charge is 0.380 e. The van der Waals surface area contributed by atoms with E-state index in [1.54, 1.807) is 17.7 Å². The first-order valence-electron chi connectivity index (χ1n) is 2.28. The number of thiophene rings is 1. The van der Waals surface area contributed by atoms with E-state index in [0.29, 0.717) is 0 Å². The molecule has 0 radical (unpaired) electrons. The zero-order valence-electron chi connectivity index (χ0n) is 4.03. The van der Waals surface area contributed by atoms with Gasteiger partial charge in [-0.1, -0.05) is 11.3 Å². The lowest BCUT2D eigenvalue weighted by atomic mass is 10.6. The molecule has 0 amide bonds. The molecule has 0 saturated carbocycles. The predicted molar refractivity (Wildman–Crippen MR) is 32.4 cm³/mol. The smallest absolute Gasteiger partial charge is 0.202 e. The van der Waals surface area contributed by atoms with Gasteiger partial charge in [0.05, 0.1) is 0 Å². The molecule has 0 aromatic carbocycles. The molecule has 0 fully saturated rings. The predicted octanol–water partition coefficient (Wildman–Crippen LogP) is -0.904. The van der Waals surface area contributed by atoms with Crippen LogP contribution in [0.25, 0.3) is 0 Å². The Kier molecular flexibility index (Phi) is 0.640. The fourth-order valence-corrected chi connectivity index (χ4v) is 1.31. The van der Waals surface area contributed by atoms with Crippen LogP contribution in [-0.4, -0.2) is 6.34 Å². The molecule has 38 valence electrons. The van der Waals surface area contributed by atoms with Gasteiger partial charge in [-0.15, -0.1) is 0 Å². The molecule has 2 heterocycles. The summed E-state index contributed by atoms with van der Waals surface area (Å²) in [5.41, 5.74) is 0. The Bertz CT molecular complexity index is 343. The van der Waals surface area contributed by atoms with Crippen molar-refractivity contribution in [2.24, 2.45) is 4.99 Å². The van der Waals surface area contributed by atoms with Gasteiger partial charge in [-0.3, -0.25) is 0 Å². The molecule has 0 atom stereocenters. The average Bonchev–Trinajstić information content (AvgIpc) is 2.15. The molecule has 1 aliphatic rings. The lowest BCUT2D eigenvalue weighted by Crippen LogP contribution is -2.16. The number of hydrogen-bond acceptors (Lipinski definition) is 2. The van der Waals surface area contributed by atoms with Crippen molar-refractivity contribution in [3.05, 3.63) is 21.5 Å². The van der Waals surface area contributed by atoms with Gasteiger partial charge in [-0.05, 0) is 4.99 Å². The molecule has 8 heavy (non-hydrogen) atoms. The molecule has 0 saturated heterocycles. The average molecular weight is 123 g/mol. The van der Waals surface area contributed by atoms with E-state index in [-0.39, 0.29) is 0 Å². The van der Waals surface area contributed by atoms with Crippen LogP contribution in [-0.2, 0) is 0 Å². The van der Waals surface area contributed by atoms with Crippen LogP contribution in [0.1, 0.15) is 0 Å². The molecule has 3 heteroatoms. The van der Waals surface area contributed by atoms with Gasteiger partial charge in [0.25, 0.3) is 10.0 Å². The standard InChI is InChI=1S/C5H3N2S/c1-2-8-5-4(1)6-3-7-5/h1-3H/q+1. The monoisotopic (exact) mass is 123 g/mol. The fraction of sp³-hybridized carbons (Fsp3) is 0. The molecule has 0 unspecified atom stereocenters. The van der Waals surface area contributed by atoms with Gasteiger partial charge < -0.3 is 0 Å². The summed E-state index contributed by atoms with van der Waals surface area (Å²) in [4.78, 5) is 3.99. The van der Waals surface area contributed by atoms with Crippen molar-refractivity contribution in [3.63, 3.8) is 0 Å². The van der Waals surface area contributed by atoms with Gasteiger partial charge in [-0.25, -0.2) is 4.67 Å². The van der Waals surface area contributed by atoms with Crippen molar-refractivity contribution in [1.29, 1.82) is 0 Å². The first kappa shape index (κ1) is 4.01. The molecule has 2 rings (SSSR count). The Morgan fingerprint density at radius 3 is 3.50 bits per heavy atom. The van der Waals surface area contributed by atoms with Crippen LogP contribution in [0.5, 0.6) is 0 Å². The summed E-state index contributed by atoms with van der Waals surface area (Å²) in [5, 5.41) is 3.00. The van der Waals surface area contributed by atoms with Crippen LogP contribution in [0.2, 0.25) is 0 Å². The van der Waals surface area contributed by atoms with Crippen LogP contribution in [0.4, 0.5) is 0 Å². The topological polar surface area (TPSA) is 26.5 Å². The number of hydrogen-bond donors (Lipinski definition) is 0. The molecule has 0 N–H and O–H groups in total.